The maximum absolute atomic E-state index is 12.5. The van der Waals surface area contributed by atoms with Crippen molar-refractivity contribution < 1.29 is 4.79 Å². The predicted octanol–water partition coefficient (Wildman–Crippen LogP) is 3.62. The monoisotopic (exact) mass is 383 g/mol. The fraction of sp³-hybridized carbons (Fsp3) is 0.0556. The average molecular weight is 384 g/mol. The minimum Gasteiger partial charge on any atom is -0.384 e. The standard InChI is InChI=1S/C18H14ClN5OS/c19-13-5-2-1-4-11(13)10-21-18(25)12-8-15(20)24-16(9-12)22-17(23-24)14-6-3-7-26-14/h1-9H,10,20H2,(H,21,25). The van der Waals surface area contributed by atoms with Crippen LogP contribution in [-0.4, -0.2) is 20.5 Å². The van der Waals surface area contributed by atoms with Gasteiger partial charge >= 0.3 is 0 Å². The zero-order chi connectivity index (χ0) is 18.1. The molecule has 8 heteroatoms. The van der Waals surface area contributed by atoms with Crippen LogP contribution < -0.4 is 11.1 Å². The molecule has 0 aliphatic heterocycles. The molecule has 0 bridgehead atoms. The van der Waals surface area contributed by atoms with Crippen LogP contribution in [0.2, 0.25) is 5.02 Å². The molecule has 6 nitrogen and oxygen atoms in total. The lowest BCUT2D eigenvalue weighted by Gasteiger charge is -2.08. The van der Waals surface area contributed by atoms with Crippen LogP contribution in [0.25, 0.3) is 16.3 Å². The number of carbonyl (C=O) groups excluding carboxylic acids is 1. The van der Waals surface area contributed by atoms with E-state index in [0.717, 1.165) is 10.4 Å². The molecule has 0 radical (unpaired) electrons. The second-order valence-electron chi connectivity index (χ2n) is 5.63. The molecule has 3 heterocycles. The number of hydrogen-bond acceptors (Lipinski definition) is 5. The Balaban J connectivity index is 1.60. The molecule has 0 saturated carbocycles. The number of nitrogens with one attached hydrogen (secondary N) is 1. The van der Waals surface area contributed by atoms with Crippen LogP contribution in [0, 0.1) is 0 Å². The van der Waals surface area contributed by atoms with Gasteiger partial charge in [0.05, 0.1) is 4.88 Å². The molecule has 3 aromatic heterocycles. The smallest absolute Gasteiger partial charge is 0.251 e. The molecule has 4 aromatic rings. The molecule has 1 aromatic carbocycles. The lowest BCUT2D eigenvalue weighted by molar-refractivity contribution is 0.0951. The highest BCUT2D eigenvalue weighted by atomic mass is 35.5. The molecule has 3 N–H and O–H groups in total. The average Bonchev–Trinajstić information content (AvgIpc) is 3.30. The first-order chi connectivity index (χ1) is 12.6. The molecule has 0 saturated heterocycles. The molecule has 0 fully saturated rings. The Morgan fingerprint density at radius 3 is 2.85 bits per heavy atom. The van der Waals surface area contributed by atoms with Gasteiger partial charge in [0.25, 0.3) is 5.91 Å². The summed E-state index contributed by atoms with van der Waals surface area (Å²) in [4.78, 5) is 17.9. The first kappa shape index (κ1) is 16.6. The van der Waals surface area contributed by atoms with Crippen LogP contribution in [0.5, 0.6) is 0 Å². The van der Waals surface area contributed by atoms with E-state index in [9.17, 15) is 4.79 Å². The van der Waals surface area contributed by atoms with E-state index in [1.165, 1.54) is 4.52 Å². The van der Waals surface area contributed by atoms with Gasteiger partial charge in [-0.3, -0.25) is 4.79 Å². The lowest BCUT2D eigenvalue weighted by Crippen LogP contribution is -2.23. The van der Waals surface area contributed by atoms with Gasteiger partial charge in [-0.05, 0) is 35.2 Å². The molecule has 0 atom stereocenters. The zero-order valence-corrected chi connectivity index (χ0v) is 15.1. The van der Waals surface area contributed by atoms with Gasteiger partial charge < -0.3 is 11.1 Å². The van der Waals surface area contributed by atoms with Crippen LogP contribution in [-0.2, 0) is 6.54 Å². The summed E-state index contributed by atoms with van der Waals surface area (Å²) in [7, 11) is 0. The highest BCUT2D eigenvalue weighted by Crippen LogP contribution is 2.23. The minimum absolute atomic E-state index is 0.250. The normalized spacial score (nSPS) is 11.0. The van der Waals surface area contributed by atoms with Crippen LogP contribution >= 0.6 is 22.9 Å². The van der Waals surface area contributed by atoms with Crippen molar-refractivity contribution in [2.24, 2.45) is 0 Å². The van der Waals surface area contributed by atoms with E-state index < -0.39 is 0 Å². The van der Waals surface area contributed by atoms with Gasteiger partial charge in [-0.1, -0.05) is 35.9 Å². The van der Waals surface area contributed by atoms with Crippen molar-refractivity contribution in [1.82, 2.24) is 19.9 Å². The number of fused-ring (bicyclic) bond motifs is 1. The molecule has 0 spiro atoms. The highest BCUT2D eigenvalue weighted by molar-refractivity contribution is 7.13. The SMILES string of the molecule is Nc1cc(C(=O)NCc2ccccc2Cl)cc2nc(-c3cccs3)nn12. The molecule has 0 aliphatic rings. The molecule has 0 aliphatic carbocycles. The third kappa shape index (κ3) is 3.14. The number of benzene rings is 1. The van der Waals surface area contributed by atoms with E-state index in [0.29, 0.717) is 34.4 Å². The predicted molar refractivity (Wildman–Crippen MR) is 103 cm³/mol. The van der Waals surface area contributed by atoms with Crippen molar-refractivity contribution in [3.8, 4) is 10.7 Å². The second kappa shape index (κ2) is 6.78. The third-order valence-electron chi connectivity index (χ3n) is 3.87. The molecular formula is C18H14ClN5OS. The topological polar surface area (TPSA) is 85.3 Å². The van der Waals surface area contributed by atoms with E-state index >= 15 is 0 Å². The van der Waals surface area contributed by atoms with Crippen molar-refractivity contribution in [2.75, 3.05) is 5.73 Å². The first-order valence-electron chi connectivity index (χ1n) is 7.83. The van der Waals surface area contributed by atoms with Gasteiger partial charge in [-0.2, -0.15) is 4.52 Å². The summed E-state index contributed by atoms with van der Waals surface area (Å²) in [6.45, 7) is 0.330. The number of halogens is 1. The van der Waals surface area contributed by atoms with E-state index in [2.05, 4.69) is 15.4 Å². The van der Waals surface area contributed by atoms with E-state index in [1.54, 1.807) is 29.5 Å². The van der Waals surface area contributed by atoms with Crippen LogP contribution in [0.4, 0.5) is 5.82 Å². The van der Waals surface area contributed by atoms with Gasteiger partial charge in [0.15, 0.2) is 11.5 Å². The molecule has 130 valence electrons. The number of pyridine rings is 1. The maximum Gasteiger partial charge on any atom is 0.251 e. The van der Waals surface area contributed by atoms with E-state index in [1.807, 2.05) is 35.7 Å². The number of thiophene rings is 1. The number of aromatic nitrogens is 3. The summed E-state index contributed by atoms with van der Waals surface area (Å²) in [6, 6.07) is 14.5. The molecule has 0 unspecified atom stereocenters. The number of carbonyl (C=O) groups is 1. The Bertz CT molecular complexity index is 1090. The number of hydrogen-bond donors (Lipinski definition) is 2. The van der Waals surface area contributed by atoms with Crippen LogP contribution in [0.15, 0.2) is 53.9 Å². The Hall–Kier alpha value is -2.90. The fourth-order valence-electron chi connectivity index (χ4n) is 2.57. The molecular weight excluding hydrogens is 370 g/mol. The van der Waals surface area contributed by atoms with Crippen LogP contribution in [0.1, 0.15) is 15.9 Å². The Labute approximate surface area is 158 Å². The minimum atomic E-state index is -0.250. The summed E-state index contributed by atoms with van der Waals surface area (Å²) in [5, 5.41) is 9.82. The third-order valence-corrected chi connectivity index (χ3v) is 5.10. The number of amides is 1. The summed E-state index contributed by atoms with van der Waals surface area (Å²) < 4.78 is 1.53. The van der Waals surface area contributed by atoms with E-state index in [4.69, 9.17) is 17.3 Å². The number of nitrogens with zero attached hydrogens (tertiary/aromatic N) is 3. The summed E-state index contributed by atoms with van der Waals surface area (Å²) in [5.41, 5.74) is 7.85. The Kier molecular flexibility index (Phi) is 4.32. The van der Waals surface area contributed by atoms with Crippen molar-refractivity contribution in [3.63, 3.8) is 0 Å². The summed E-state index contributed by atoms with van der Waals surface area (Å²) >= 11 is 7.66. The maximum atomic E-state index is 12.5. The zero-order valence-electron chi connectivity index (χ0n) is 13.5. The number of anilines is 1. The first-order valence-corrected chi connectivity index (χ1v) is 9.09. The second-order valence-corrected chi connectivity index (χ2v) is 6.98. The van der Waals surface area contributed by atoms with E-state index in [-0.39, 0.29) is 5.91 Å². The molecule has 4 rings (SSSR count). The van der Waals surface area contributed by atoms with Gasteiger partial charge in [0.2, 0.25) is 0 Å². The van der Waals surface area contributed by atoms with Crippen molar-refractivity contribution in [2.45, 2.75) is 6.54 Å². The number of rotatable bonds is 4. The number of nitrogens with two attached hydrogens (primary N) is 1. The molecule has 1 amide bonds. The highest BCUT2D eigenvalue weighted by Gasteiger charge is 2.14. The largest absolute Gasteiger partial charge is 0.384 e. The van der Waals surface area contributed by atoms with Gasteiger partial charge in [-0.15, -0.1) is 16.4 Å². The Morgan fingerprint density at radius 2 is 2.08 bits per heavy atom. The van der Waals surface area contributed by atoms with Crippen LogP contribution in [0.3, 0.4) is 0 Å². The van der Waals surface area contributed by atoms with Crippen molar-refractivity contribution in [3.05, 3.63) is 70.1 Å². The van der Waals surface area contributed by atoms with Gasteiger partial charge in [0.1, 0.15) is 5.82 Å². The van der Waals surface area contributed by atoms with Crippen molar-refractivity contribution >= 4 is 40.3 Å². The van der Waals surface area contributed by atoms with Gasteiger partial charge in [0, 0.05) is 17.1 Å². The lowest BCUT2D eigenvalue weighted by atomic mass is 10.2. The summed E-state index contributed by atoms with van der Waals surface area (Å²) in [6.07, 6.45) is 0. The number of nitrogen functional groups attached to an aromatic ring is 1. The van der Waals surface area contributed by atoms with Gasteiger partial charge in [-0.25, -0.2) is 4.98 Å². The Morgan fingerprint density at radius 1 is 1.23 bits per heavy atom. The summed E-state index contributed by atoms with van der Waals surface area (Å²) in [5.74, 6) is 0.681. The van der Waals surface area contributed by atoms with Crippen molar-refractivity contribution in [1.29, 1.82) is 0 Å². The molecule has 26 heavy (non-hydrogen) atoms. The quantitative estimate of drug-likeness (QED) is 0.563. The fourth-order valence-corrected chi connectivity index (χ4v) is 3.42.